The first kappa shape index (κ1) is 21.4. The van der Waals surface area contributed by atoms with Crippen molar-refractivity contribution >= 4 is 23.2 Å². The van der Waals surface area contributed by atoms with Crippen molar-refractivity contribution in [2.24, 2.45) is 17.5 Å². The van der Waals surface area contributed by atoms with Crippen LogP contribution in [0.3, 0.4) is 0 Å². The SMILES string of the molecule is CC1=Nc2c(nc(N3CCO[C@@H](c4cnn(C)c4)C3)nc2C2CCC(C)(C)CC2)NC1C. The molecular formula is C24H35N7O. The van der Waals surface area contributed by atoms with Gasteiger partial charge in [0.15, 0.2) is 5.82 Å². The quantitative estimate of drug-likeness (QED) is 0.768. The molecular weight excluding hydrogens is 402 g/mol. The molecule has 0 radical (unpaired) electrons. The van der Waals surface area contributed by atoms with Gasteiger partial charge < -0.3 is 15.0 Å². The molecule has 2 aromatic rings. The molecule has 1 N–H and O–H groups in total. The standard InChI is InChI=1S/C24H35N7O/c1-15-16(2)27-22-21(26-15)20(17-6-8-24(3,4)9-7-17)28-23(29-22)31-10-11-32-19(14-31)18-12-25-30(5)13-18/h12-13,16-17,19H,6-11,14H2,1-5H3,(H,27,28,29)/t16?,19-/m1/s1. The van der Waals surface area contributed by atoms with Crippen LogP contribution in [0.1, 0.15) is 76.7 Å². The van der Waals surface area contributed by atoms with E-state index in [0.717, 1.165) is 60.4 Å². The number of anilines is 2. The first-order valence-electron chi connectivity index (χ1n) is 11.9. The summed E-state index contributed by atoms with van der Waals surface area (Å²) >= 11 is 0. The number of nitrogens with one attached hydrogen (secondary N) is 1. The molecule has 0 bridgehead atoms. The highest BCUT2D eigenvalue weighted by Gasteiger charge is 2.34. The lowest BCUT2D eigenvalue weighted by atomic mass is 9.72. The Morgan fingerprint density at radius 3 is 2.69 bits per heavy atom. The molecule has 8 heteroatoms. The van der Waals surface area contributed by atoms with E-state index in [1.54, 1.807) is 0 Å². The molecule has 1 saturated heterocycles. The minimum Gasteiger partial charge on any atom is -0.370 e. The van der Waals surface area contributed by atoms with E-state index in [2.05, 4.69) is 43.0 Å². The smallest absolute Gasteiger partial charge is 0.227 e. The van der Waals surface area contributed by atoms with Crippen molar-refractivity contribution in [1.29, 1.82) is 0 Å². The molecule has 2 aliphatic heterocycles. The topological polar surface area (TPSA) is 80.5 Å². The molecule has 2 fully saturated rings. The summed E-state index contributed by atoms with van der Waals surface area (Å²) < 4.78 is 7.88. The second-order valence-electron chi connectivity index (χ2n) is 10.4. The van der Waals surface area contributed by atoms with E-state index in [4.69, 9.17) is 19.7 Å². The molecule has 4 heterocycles. The second-order valence-corrected chi connectivity index (χ2v) is 10.4. The maximum Gasteiger partial charge on any atom is 0.227 e. The number of aryl methyl sites for hydroxylation is 1. The second kappa shape index (κ2) is 8.14. The molecule has 8 nitrogen and oxygen atoms in total. The number of aromatic nitrogens is 4. The van der Waals surface area contributed by atoms with Crippen molar-refractivity contribution in [3.05, 3.63) is 23.7 Å². The molecule has 2 atom stereocenters. The summed E-state index contributed by atoms with van der Waals surface area (Å²) in [6, 6.07) is 0.177. The Morgan fingerprint density at radius 2 is 1.97 bits per heavy atom. The molecule has 1 aliphatic carbocycles. The van der Waals surface area contributed by atoms with Crippen molar-refractivity contribution in [2.45, 2.75) is 71.4 Å². The summed E-state index contributed by atoms with van der Waals surface area (Å²) in [4.78, 5) is 17.3. The highest BCUT2D eigenvalue weighted by molar-refractivity contribution is 5.96. The van der Waals surface area contributed by atoms with Gasteiger partial charge in [-0.25, -0.2) is 4.98 Å². The maximum absolute atomic E-state index is 6.05. The number of fused-ring (bicyclic) bond motifs is 1. The van der Waals surface area contributed by atoms with E-state index >= 15 is 0 Å². The normalized spacial score (nSPS) is 25.8. The molecule has 172 valence electrons. The van der Waals surface area contributed by atoms with Crippen LogP contribution in [-0.4, -0.2) is 51.2 Å². The fourth-order valence-electron chi connectivity index (χ4n) is 4.99. The zero-order valence-electron chi connectivity index (χ0n) is 19.9. The lowest BCUT2D eigenvalue weighted by molar-refractivity contribution is 0.0391. The van der Waals surface area contributed by atoms with Crippen molar-refractivity contribution in [3.8, 4) is 0 Å². The Kier molecular flexibility index (Phi) is 5.43. The average Bonchev–Trinajstić information content (AvgIpc) is 3.21. The molecule has 1 unspecified atom stereocenters. The molecule has 2 aromatic heterocycles. The van der Waals surface area contributed by atoms with Crippen LogP contribution < -0.4 is 10.2 Å². The average molecular weight is 438 g/mol. The minimum atomic E-state index is -0.0249. The monoisotopic (exact) mass is 437 g/mol. The Morgan fingerprint density at radius 1 is 1.19 bits per heavy atom. The van der Waals surface area contributed by atoms with Crippen molar-refractivity contribution < 1.29 is 4.74 Å². The number of nitrogens with zero attached hydrogens (tertiary/aromatic N) is 6. The van der Waals surface area contributed by atoms with Crippen LogP contribution in [0.4, 0.5) is 17.5 Å². The molecule has 0 amide bonds. The fourth-order valence-corrected chi connectivity index (χ4v) is 4.99. The minimum absolute atomic E-state index is 0.0249. The van der Waals surface area contributed by atoms with Crippen molar-refractivity contribution in [3.63, 3.8) is 0 Å². The summed E-state index contributed by atoms with van der Waals surface area (Å²) in [5, 5.41) is 7.89. The van der Waals surface area contributed by atoms with Gasteiger partial charge in [0.1, 0.15) is 11.8 Å². The Labute approximate surface area is 190 Å². The lowest BCUT2D eigenvalue weighted by Crippen LogP contribution is -2.40. The number of hydrogen-bond acceptors (Lipinski definition) is 7. The van der Waals surface area contributed by atoms with E-state index < -0.39 is 0 Å². The zero-order valence-corrected chi connectivity index (χ0v) is 19.9. The van der Waals surface area contributed by atoms with E-state index in [9.17, 15) is 0 Å². The van der Waals surface area contributed by atoms with E-state index in [1.807, 2.05) is 24.1 Å². The predicted molar refractivity (Wildman–Crippen MR) is 127 cm³/mol. The van der Waals surface area contributed by atoms with E-state index in [1.165, 1.54) is 12.8 Å². The van der Waals surface area contributed by atoms with Gasteiger partial charge >= 0.3 is 0 Å². The van der Waals surface area contributed by atoms with Crippen LogP contribution >= 0.6 is 0 Å². The number of morpholine rings is 1. The predicted octanol–water partition coefficient (Wildman–Crippen LogP) is 4.38. The van der Waals surface area contributed by atoms with Gasteiger partial charge in [-0.2, -0.15) is 10.1 Å². The van der Waals surface area contributed by atoms with Crippen LogP contribution in [0.25, 0.3) is 0 Å². The summed E-state index contributed by atoms with van der Waals surface area (Å²) in [5.41, 5.74) is 4.67. The third kappa shape index (κ3) is 4.12. The first-order chi connectivity index (χ1) is 15.3. The molecule has 0 aromatic carbocycles. The highest BCUT2D eigenvalue weighted by atomic mass is 16.5. The molecule has 3 aliphatic rings. The third-order valence-electron chi connectivity index (χ3n) is 7.34. The Hall–Kier alpha value is -2.48. The van der Waals surface area contributed by atoms with Gasteiger partial charge in [-0.05, 0) is 44.9 Å². The van der Waals surface area contributed by atoms with Gasteiger partial charge in [0.2, 0.25) is 5.95 Å². The highest BCUT2D eigenvalue weighted by Crippen LogP contribution is 2.46. The van der Waals surface area contributed by atoms with Gasteiger partial charge in [0.25, 0.3) is 0 Å². The van der Waals surface area contributed by atoms with Crippen LogP contribution in [-0.2, 0) is 11.8 Å². The van der Waals surface area contributed by atoms with Crippen LogP contribution in [0.15, 0.2) is 17.4 Å². The number of aliphatic imine (C=N–C) groups is 1. The van der Waals surface area contributed by atoms with Gasteiger partial charge in [-0.3, -0.25) is 9.67 Å². The molecule has 1 saturated carbocycles. The number of hydrogen-bond donors (Lipinski definition) is 1. The zero-order chi connectivity index (χ0) is 22.5. The van der Waals surface area contributed by atoms with Crippen LogP contribution in [0, 0.1) is 5.41 Å². The summed E-state index contributed by atoms with van der Waals surface area (Å²) in [7, 11) is 1.93. The summed E-state index contributed by atoms with van der Waals surface area (Å²) in [6.07, 6.45) is 8.64. The van der Waals surface area contributed by atoms with Gasteiger partial charge in [-0.15, -0.1) is 0 Å². The molecule has 0 spiro atoms. The maximum atomic E-state index is 6.05. The van der Waals surface area contributed by atoms with Crippen LogP contribution in [0.2, 0.25) is 0 Å². The van der Waals surface area contributed by atoms with Crippen LogP contribution in [0.5, 0.6) is 0 Å². The number of ether oxygens (including phenoxy) is 1. The fraction of sp³-hybridized carbons (Fsp3) is 0.667. The van der Waals surface area contributed by atoms with Gasteiger partial charge in [0, 0.05) is 37.0 Å². The van der Waals surface area contributed by atoms with Crippen molar-refractivity contribution in [1.82, 2.24) is 19.7 Å². The molecule has 32 heavy (non-hydrogen) atoms. The van der Waals surface area contributed by atoms with Crippen molar-refractivity contribution in [2.75, 3.05) is 29.9 Å². The Bertz CT molecular complexity index is 1020. The van der Waals surface area contributed by atoms with Gasteiger partial charge in [0.05, 0.1) is 31.1 Å². The molecule has 5 rings (SSSR count). The lowest BCUT2D eigenvalue weighted by Gasteiger charge is -2.36. The largest absolute Gasteiger partial charge is 0.370 e. The summed E-state index contributed by atoms with van der Waals surface area (Å²) in [5.74, 6) is 2.09. The van der Waals surface area contributed by atoms with E-state index in [0.29, 0.717) is 17.9 Å². The Balaban J connectivity index is 1.48. The van der Waals surface area contributed by atoms with Gasteiger partial charge in [-0.1, -0.05) is 13.8 Å². The first-order valence-corrected chi connectivity index (χ1v) is 11.9. The van der Waals surface area contributed by atoms with E-state index in [-0.39, 0.29) is 12.1 Å². The number of rotatable bonds is 3. The summed E-state index contributed by atoms with van der Waals surface area (Å²) in [6.45, 7) is 11.1. The third-order valence-corrected chi connectivity index (χ3v) is 7.34.